The Hall–Kier alpha value is -1.18. The van der Waals surface area contributed by atoms with Crippen LogP contribution in [0.5, 0.6) is 0 Å². The summed E-state index contributed by atoms with van der Waals surface area (Å²) in [5, 5.41) is 0. The third-order valence-corrected chi connectivity index (χ3v) is 3.93. The maximum Gasteiger partial charge on any atom is 0.144 e. The number of aromatic nitrogens is 1. The molecule has 1 aliphatic rings. The fourth-order valence-corrected chi connectivity index (χ4v) is 2.86. The predicted molar refractivity (Wildman–Crippen MR) is 69.0 cm³/mol. The van der Waals surface area contributed by atoms with Gasteiger partial charge in [-0.15, -0.1) is 0 Å². The highest BCUT2D eigenvalue weighted by molar-refractivity contribution is 5.87. The summed E-state index contributed by atoms with van der Waals surface area (Å²) in [6.45, 7) is 4.21. The van der Waals surface area contributed by atoms with E-state index in [1.807, 2.05) is 12.3 Å². The Balaban J connectivity index is 2.26. The van der Waals surface area contributed by atoms with Crippen molar-refractivity contribution in [3.8, 4) is 0 Å². The molecule has 0 bridgehead atoms. The van der Waals surface area contributed by atoms with Crippen LogP contribution in [0.15, 0.2) is 18.3 Å². The zero-order chi connectivity index (χ0) is 12.3. The smallest absolute Gasteiger partial charge is 0.144 e. The molecule has 1 aliphatic carbocycles. The maximum atomic E-state index is 12.5. The first kappa shape index (κ1) is 12.3. The lowest BCUT2D eigenvalue weighted by Gasteiger charge is -2.26. The van der Waals surface area contributed by atoms with Gasteiger partial charge >= 0.3 is 0 Å². The number of hydrogen-bond acceptors (Lipinski definition) is 2. The first-order valence-electron chi connectivity index (χ1n) is 6.75. The fraction of sp³-hybridized carbons (Fsp3) is 0.600. The summed E-state index contributed by atoms with van der Waals surface area (Å²) in [6, 6.07) is 4.09. The third kappa shape index (κ3) is 2.41. The van der Waals surface area contributed by atoms with Gasteiger partial charge in [-0.25, -0.2) is 0 Å². The van der Waals surface area contributed by atoms with Crippen molar-refractivity contribution in [3.63, 3.8) is 0 Å². The van der Waals surface area contributed by atoms with Crippen LogP contribution in [0.4, 0.5) is 0 Å². The summed E-state index contributed by atoms with van der Waals surface area (Å²) in [4.78, 5) is 16.9. The zero-order valence-electron chi connectivity index (χ0n) is 10.8. The first-order chi connectivity index (χ1) is 8.27. The lowest BCUT2D eigenvalue weighted by Crippen LogP contribution is -2.25. The topological polar surface area (TPSA) is 30.0 Å². The van der Waals surface area contributed by atoms with Crippen molar-refractivity contribution in [2.24, 2.45) is 5.92 Å². The molecule has 2 rings (SSSR count). The zero-order valence-corrected chi connectivity index (χ0v) is 10.8. The molecule has 1 heterocycles. The van der Waals surface area contributed by atoms with Gasteiger partial charge in [0, 0.05) is 12.1 Å². The SMILES string of the molecule is CCC(CC)C(=O)C1CCCc2cccnc21. The van der Waals surface area contributed by atoms with Crippen molar-refractivity contribution < 1.29 is 4.79 Å². The molecule has 0 saturated carbocycles. The summed E-state index contributed by atoms with van der Waals surface area (Å²) < 4.78 is 0. The van der Waals surface area contributed by atoms with E-state index < -0.39 is 0 Å². The molecule has 92 valence electrons. The van der Waals surface area contributed by atoms with Gasteiger partial charge in [-0.05, 0) is 43.7 Å². The summed E-state index contributed by atoms with van der Waals surface area (Å²) >= 11 is 0. The van der Waals surface area contributed by atoms with Crippen LogP contribution in [-0.4, -0.2) is 10.8 Å². The molecule has 1 aromatic heterocycles. The second kappa shape index (κ2) is 5.44. The molecular weight excluding hydrogens is 210 g/mol. The molecule has 0 N–H and O–H groups in total. The number of fused-ring (bicyclic) bond motifs is 1. The van der Waals surface area contributed by atoms with E-state index in [1.54, 1.807) is 0 Å². The normalized spacial score (nSPS) is 19.1. The lowest BCUT2D eigenvalue weighted by molar-refractivity contribution is -0.125. The monoisotopic (exact) mass is 231 g/mol. The third-order valence-electron chi connectivity index (χ3n) is 3.93. The summed E-state index contributed by atoms with van der Waals surface area (Å²) in [6.07, 6.45) is 6.91. The molecule has 0 aromatic carbocycles. The van der Waals surface area contributed by atoms with Gasteiger partial charge in [0.2, 0.25) is 0 Å². The summed E-state index contributed by atoms with van der Waals surface area (Å²) in [5.41, 5.74) is 2.33. The Morgan fingerprint density at radius 1 is 1.47 bits per heavy atom. The van der Waals surface area contributed by atoms with Crippen molar-refractivity contribution >= 4 is 5.78 Å². The van der Waals surface area contributed by atoms with Gasteiger partial charge in [-0.3, -0.25) is 9.78 Å². The number of Topliss-reactive ketones (excluding diaryl/α,β-unsaturated/α-hetero) is 1. The van der Waals surface area contributed by atoms with Crippen LogP contribution in [0.1, 0.15) is 56.7 Å². The molecule has 1 atom stereocenters. The molecule has 0 amide bonds. The highest BCUT2D eigenvalue weighted by Crippen LogP contribution is 2.33. The van der Waals surface area contributed by atoms with Crippen molar-refractivity contribution in [2.45, 2.75) is 51.9 Å². The van der Waals surface area contributed by atoms with Gasteiger partial charge in [0.25, 0.3) is 0 Å². The van der Waals surface area contributed by atoms with E-state index in [2.05, 4.69) is 24.9 Å². The number of ketones is 1. The molecule has 0 saturated heterocycles. The minimum absolute atomic E-state index is 0.0600. The Bertz CT molecular complexity index is 396. The van der Waals surface area contributed by atoms with Crippen LogP contribution in [0.25, 0.3) is 0 Å². The summed E-state index contributed by atoms with van der Waals surface area (Å²) in [5.74, 6) is 0.687. The second-order valence-electron chi connectivity index (χ2n) is 4.91. The van der Waals surface area contributed by atoms with E-state index >= 15 is 0 Å². The van der Waals surface area contributed by atoms with Gasteiger partial charge in [-0.2, -0.15) is 0 Å². The average Bonchev–Trinajstić information content (AvgIpc) is 2.39. The van der Waals surface area contributed by atoms with Gasteiger partial charge < -0.3 is 0 Å². The standard InChI is InChI=1S/C15H21NO/c1-3-11(4-2)15(17)13-9-5-7-12-8-6-10-16-14(12)13/h6,8,10-11,13H,3-5,7,9H2,1-2H3. The number of aryl methyl sites for hydroxylation is 1. The largest absolute Gasteiger partial charge is 0.299 e. The molecule has 0 radical (unpaired) electrons. The van der Waals surface area contributed by atoms with Crippen LogP contribution < -0.4 is 0 Å². The van der Waals surface area contributed by atoms with E-state index in [9.17, 15) is 4.79 Å². The average molecular weight is 231 g/mol. The van der Waals surface area contributed by atoms with E-state index in [4.69, 9.17) is 0 Å². The Labute approximate surface area is 103 Å². The fourth-order valence-electron chi connectivity index (χ4n) is 2.86. The Morgan fingerprint density at radius 2 is 2.24 bits per heavy atom. The molecule has 0 spiro atoms. The molecule has 1 aromatic rings. The molecule has 17 heavy (non-hydrogen) atoms. The molecule has 2 heteroatoms. The van der Waals surface area contributed by atoms with E-state index in [0.29, 0.717) is 5.78 Å². The van der Waals surface area contributed by atoms with Crippen molar-refractivity contribution in [2.75, 3.05) is 0 Å². The molecule has 1 unspecified atom stereocenters. The second-order valence-corrected chi connectivity index (χ2v) is 4.91. The maximum absolute atomic E-state index is 12.5. The summed E-state index contributed by atoms with van der Waals surface area (Å²) in [7, 11) is 0. The predicted octanol–water partition coefficient (Wildman–Crippen LogP) is 3.51. The molecule has 0 fully saturated rings. The minimum atomic E-state index is 0.0600. The van der Waals surface area contributed by atoms with Gasteiger partial charge in [-0.1, -0.05) is 19.9 Å². The van der Waals surface area contributed by atoms with Crippen molar-refractivity contribution in [1.29, 1.82) is 0 Å². The minimum Gasteiger partial charge on any atom is -0.299 e. The molecule has 0 aliphatic heterocycles. The van der Waals surface area contributed by atoms with Crippen molar-refractivity contribution in [1.82, 2.24) is 4.98 Å². The van der Waals surface area contributed by atoms with E-state index in [0.717, 1.165) is 37.8 Å². The van der Waals surface area contributed by atoms with Crippen LogP contribution in [0.3, 0.4) is 0 Å². The van der Waals surface area contributed by atoms with Gasteiger partial charge in [0.1, 0.15) is 5.78 Å². The van der Waals surface area contributed by atoms with Crippen LogP contribution in [-0.2, 0) is 11.2 Å². The Kier molecular flexibility index (Phi) is 3.93. The number of rotatable bonds is 4. The number of nitrogens with zero attached hydrogens (tertiary/aromatic N) is 1. The highest BCUT2D eigenvalue weighted by atomic mass is 16.1. The number of carbonyl (C=O) groups is 1. The number of hydrogen-bond donors (Lipinski definition) is 0. The van der Waals surface area contributed by atoms with Gasteiger partial charge in [0.05, 0.1) is 11.6 Å². The molecule has 2 nitrogen and oxygen atoms in total. The van der Waals surface area contributed by atoms with Crippen molar-refractivity contribution in [3.05, 3.63) is 29.6 Å². The van der Waals surface area contributed by atoms with E-state index in [1.165, 1.54) is 5.56 Å². The quantitative estimate of drug-likeness (QED) is 0.793. The first-order valence-corrected chi connectivity index (χ1v) is 6.75. The van der Waals surface area contributed by atoms with Crippen LogP contribution in [0, 0.1) is 5.92 Å². The number of carbonyl (C=O) groups excluding carboxylic acids is 1. The lowest BCUT2D eigenvalue weighted by atomic mass is 9.79. The Morgan fingerprint density at radius 3 is 2.94 bits per heavy atom. The van der Waals surface area contributed by atoms with Gasteiger partial charge in [0.15, 0.2) is 0 Å². The van der Waals surface area contributed by atoms with E-state index in [-0.39, 0.29) is 11.8 Å². The van der Waals surface area contributed by atoms with Crippen LogP contribution in [0.2, 0.25) is 0 Å². The number of pyridine rings is 1. The van der Waals surface area contributed by atoms with Crippen LogP contribution >= 0.6 is 0 Å². The highest BCUT2D eigenvalue weighted by Gasteiger charge is 2.30. The molecular formula is C15H21NO.